The van der Waals surface area contributed by atoms with Crippen LogP contribution in [0.3, 0.4) is 0 Å². The summed E-state index contributed by atoms with van der Waals surface area (Å²) in [6.07, 6.45) is 0. The summed E-state index contributed by atoms with van der Waals surface area (Å²) in [5, 5.41) is 15.2. The maximum atomic E-state index is 13.5. The smallest absolute Gasteiger partial charge is 0.282 e. The van der Waals surface area contributed by atoms with E-state index in [0.717, 1.165) is 11.3 Å². The topological polar surface area (TPSA) is 72.2 Å². The second-order valence-electron chi connectivity index (χ2n) is 5.09. The first-order chi connectivity index (χ1) is 10.6. The normalized spacial score (nSPS) is 11.3. The van der Waals surface area contributed by atoms with Gasteiger partial charge in [-0.2, -0.15) is 4.52 Å². The van der Waals surface area contributed by atoms with E-state index in [1.165, 1.54) is 6.07 Å². The first-order valence-electron chi connectivity index (χ1n) is 6.80. The summed E-state index contributed by atoms with van der Waals surface area (Å²) in [6.45, 7) is 4.07. The molecule has 1 amide bonds. The highest BCUT2D eigenvalue weighted by molar-refractivity contribution is 7.18. The number of carbonyl (C=O) groups excluding carboxylic acids is 1. The van der Waals surface area contributed by atoms with E-state index in [2.05, 4.69) is 20.6 Å². The molecular formula is C14H14FN5OS. The van der Waals surface area contributed by atoms with Crippen LogP contribution in [0, 0.1) is 5.82 Å². The second-order valence-corrected chi connectivity index (χ2v) is 6.04. The van der Waals surface area contributed by atoms with Gasteiger partial charge in [0.2, 0.25) is 9.97 Å². The quantitative estimate of drug-likeness (QED) is 0.801. The van der Waals surface area contributed by atoms with Crippen molar-refractivity contribution in [2.24, 2.45) is 0 Å². The lowest BCUT2D eigenvalue weighted by Gasteiger charge is -2.04. The zero-order chi connectivity index (χ0) is 15.7. The van der Waals surface area contributed by atoms with Crippen LogP contribution in [0.25, 0.3) is 4.96 Å². The van der Waals surface area contributed by atoms with Gasteiger partial charge in [-0.1, -0.05) is 43.4 Å². The average molecular weight is 319 g/mol. The van der Waals surface area contributed by atoms with Crippen molar-refractivity contribution in [3.05, 3.63) is 46.5 Å². The van der Waals surface area contributed by atoms with Gasteiger partial charge in [0.15, 0.2) is 5.82 Å². The molecule has 0 fully saturated rings. The molecule has 2 aromatic heterocycles. The average Bonchev–Trinajstić information content (AvgIpc) is 3.05. The van der Waals surface area contributed by atoms with E-state index in [0.29, 0.717) is 16.3 Å². The number of rotatable bonds is 4. The fourth-order valence-corrected chi connectivity index (χ4v) is 2.74. The monoisotopic (exact) mass is 319 g/mol. The molecule has 0 atom stereocenters. The van der Waals surface area contributed by atoms with Gasteiger partial charge >= 0.3 is 0 Å². The van der Waals surface area contributed by atoms with Crippen molar-refractivity contribution < 1.29 is 9.18 Å². The van der Waals surface area contributed by atoms with Crippen LogP contribution >= 0.6 is 11.3 Å². The number of carbonyl (C=O) groups is 1. The fraction of sp³-hybridized carbons (Fsp3) is 0.286. The van der Waals surface area contributed by atoms with Crippen molar-refractivity contribution in [2.75, 3.05) is 0 Å². The van der Waals surface area contributed by atoms with Gasteiger partial charge < -0.3 is 5.32 Å². The van der Waals surface area contributed by atoms with Crippen LogP contribution in [-0.2, 0) is 6.54 Å². The van der Waals surface area contributed by atoms with Crippen molar-refractivity contribution in [3.8, 4) is 0 Å². The van der Waals surface area contributed by atoms with Crippen LogP contribution in [-0.4, -0.2) is 25.7 Å². The van der Waals surface area contributed by atoms with Gasteiger partial charge in [-0.25, -0.2) is 4.39 Å². The van der Waals surface area contributed by atoms with Gasteiger partial charge in [0.1, 0.15) is 5.82 Å². The van der Waals surface area contributed by atoms with Crippen molar-refractivity contribution >= 4 is 22.2 Å². The maximum absolute atomic E-state index is 13.5. The van der Waals surface area contributed by atoms with Crippen molar-refractivity contribution in [2.45, 2.75) is 26.3 Å². The molecule has 0 bridgehead atoms. The highest BCUT2D eigenvalue weighted by Crippen LogP contribution is 2.18. The van der Waals surface area contributed by atoms with Gasteiger partial charge in [0.25, 0.3) is 5.91 Å². The summed E-state index contributed by atoms with van der Waals surface area (Å²) < 4.78 is 15.1. The molecule has 0 aliphatic carbocycles. The minimum Gasteiger partial charge on any atom is -0.346 e. The molecule has 0 spiro atoms. The van der Waals surface area contributed by atoms with Gasteiger partial charge in [0.05, 0.1) is 0 Å². The summed E-state index contributed by atoms with van der Waals surface area (Å²) in [4.78, 5) is 12.7. The molecule has 0 radical (unpaired) electrons. The minimum absolute atomic E-state index is 0.114. The maximum Gasteiger partial charge on any atom is 0.282 e. The minimum atomic E-state index is -0.353. The Kier molecular flexibility index (Phi) is 3.84. The van der Waals surface area contributed by atoms with Crippen molar-refractivity contribution in [1.29, 1.82) is 0 Å². The molecule has 1 N–H and O–H groups in total. The Labute approximate surface area is 130 Å². The van der Waals surface area contributed by atoms with Gasteiger partial charge in [-0.15, -0.1) is 15.3 Å². The molecule has 0 aliphatic heterocycles. The summed E-state index contributed by atoms with van der Waals surface area (Å²) in [7, 11) is 0. The van der Waals surface area contributed by atoms with Crippen LogP contribution in [0.5, 0.6) is 0 Å². The highest BCUT2D eigenvalue weighted by Gasteiger charge is 2.18. The Morgan fingerprint density at radius 2 is 2.14 bits per heavy atom. The number of nitrogens with one attached hydrogen (secondary N) is 1. The molecule has 3 aromatic rings. The number of amides is 1. The highest BCUT2D eigenvalue weighted by atomic mass is 32.1. The molecule has 0 aliphatic rings. The lowest BCUT2D eigenvalue weighted by molar-refractivity contribution is 0.0949. The predicted molar refractivity (Wildman–Crippen MR) is 80.3 cm³/mol. The molecule has 2 heterocycles. The standard InChI is InChI=1S/C14H14FN5OS/c1-8(2)11-17-18-14-20(11)19-13(22-14)12(21)16-7-9-5-3-4-6-10(9)15/h3-6,8H,7H2,1-2H3,(H,16,21). The molecule has 0 saturated heterocycles. The molecule has 1 aromatic carbocycles. The van der Waals surface area contributed by atoms with E-state index in [-0.39, 0.29) is 29.2 Å². The van der Waals surface area contributed by atoms with Crippen LogP contribution in [0.2, 0.25) is 0 Å². The zero-order valence-corrected chi connectivity index (χ0v) is 12.9. The third kappa shape index (κ3) is 2.69. The molecule has 3 rings (SSSR count). The van der Waals surface area contributed by atoms with Crippen molar-refractivity contribution in [3.63, 3.8) is 0 Å². The Bertz CT molecular complexity index is 826. The number of halogens is 1. The number of nitrogens with zero attached hydrogens (tertiary/aromatic N) is 4. The van der Waals surface area contributed by atoms with Crippen LogP contribution < -0.4 is 5.32 Å². The Morgan fingerprint density at radius 3 is 2.86 bits per heavy atom. The van der Waals surface area contributed by atoms with E-state index in [9.17, 15) is 9.18 Å². The lowest BCUT2D eigenvalue weighted by atomic mass is 10.2. The Balaban J connectivity index is 1.76. The van der Waals surface area contributed by atoms with E-state index >= 15 is 0 Å². The van der Waals surface area contributed by atoms with E-state index in [1.54, 1.807) is 22.7 Å². The first kappa shape index (κ1) is 14.6. The van der Waals surface area contributed by atoms with Crippen LogP contribution in [0.4, 0.5) is 4.39 Å². The molecule has 22 heavy (non-hydrogen) atoms. The first-order valence-corrected chi connectivity index (χ1v) is 7.61. The third-order valence-corrected chi connectivity index (χ3v) is 4.02. The number of aromatic nitrogens is 4. The number of benzene rings is 1. The predicted octanol–water partition coefficient (Wildman–Crippen LogP) is 2.38. The largest absolute Gasteiger partial charge is 0.346 e. The van der Waals surface area contributed by atoms with E-state index < -0.39 is 0 Å². The SMILES string of the molecule is CC(C)c1nnc2sc(C(=O)NCc3ccccc3F)nn12. The van der Waals surface area contributed by atoms with Gasteiger partial charge in [0, 0.05) is 18.0 Å². The summed E-state index contributed by atoms with van der Waals surface area (Å²) in [6, 6.07) is 6.32. The molecule has 8 heteroatoms. The Morgan fingerprint density at radius 1 is 1.36 bits per heavy atom. The van der Waals surface area contributed by atoms with E-state index in [1.807, 2.05) is 13.8 Å². The number of fused-ring (bicyclic) bond motifs is 1. The lowest BCUT2D eigenvalue weighted by Crippen LogP contribution is -2.23. The van der Waals surface area contributed by atoms with Crippen molar-refractivity contribution in [1.82, 2.24) is 25.1 Å². The molecule has 0 saturated carbocycles. The molecule has 6 nitrogen and oxygen atoms in total. The summed E-state index contributed by atoms with van der Waals surface area (Å²) in [5.41, 5.74) is 0.432. The van der Waals surface area contributed by atoms with Crippen LogP contribution in [0.1, 0.15) is 41.0 Å². The second kappa shape index (κ2) is 5.80. The van der Waals surface area contributed by atoms with E-state index in [4.69, 9.17) is 0 Å². The Hall–Kier alpha value is -2.35. The molecule has 0 unspecified atom stereocenters. The third-order valence-electron chi connectivity index (χ3n) is 3.12. The van der Waals surface area contributed by atoms with Gasteiger partial charge in [-0.05, 0) is 6.07 Å². The molecule has 114 valence electrons. The number of hydrogen-bond donors (Lipinski definition) is 1. The summed E-state index contributed by atoms with van der Waals surface area (Å²) >= 11 is 1.16. The number of hydrogen-bond acceptors (Lipinski definition) is 5. The fourth-order valence-electron chi connectivity index (χ4n) is 1.98. The zero-order valence-electron chi connectivity index (χ0n) is 12.1. The van der Waals surface area contributed by atoms with Crippen LogP contribution in [0.15, 0.2) is 24.3 Å². The van der Waals surface area contributed by atoms with Gasteiger partial charge in [-0.3, -0.25) is 4.79 Å². The molecular weight excluding hydrogens is 305 g/mol. The summed E-state index contributed by atoms with van der Waals surface area (Å²) in [5.74, 6) is 0.169.